The van der Waals surface area contributed by atoms with Gasteiger partial charge in [0, 0.05) is 16.0 Å². The molecule has 1 aromatic carbocycles. The SMILES string of the molecule is NC(=O)CC(N)c1ccccc1I. The summed E-state index contributed by atoms with van der Waals surface area (Å²) in [5, 5.41) is 0. The smallest absolute Gasteiger partial charge is 0.219 e. The molecule has 0 aliphatic heterocycles. The molecule has 0 aromatic heterocycles. The van der Waals surface area contributed by atoms with Crippen LogP contribution in [0.5, 0.6) is 0 Å². The molecule has 0 bridgehead atoms. The van der Waals surface area contributed by atoms with Crippen molar-refractivity contribution in [3.63, 3.8) is 0 Å². The van der Waals surface area contributed by atoms with Gasteiger partial charge in [-0.1, -0.05) is 18.2 Å². The Morgan fingerprint density at radius 1 is 1.46 bits per heavy atom. The van der Waals surface area contributed by atoms with Crippen molar-refractivity contribution in [2.75, 3.05) is 0 Å². The van der Waals surface area contributed by atoms with Crippen molar-refractivity contribution in [1.29, 1.82) is 0 Å². The summed E-state index contributed by atoms with van der Waals surface area (Å²) >= 11 is 2.19. The number of amides is 1. The molecule has 3 nitrogen and oxygen atoms in total. The third kappa shape index (κ3) is 2.96. The molecule has 1 unspecified atom stereocenters. The van der Waals surface area contributed by atoms with Crippen LogP contribution in [0.25, 0.3) is 0 Å². The fourth-order valence-electron chi connectivity index (χ4n) is 1.10. The zero-order valence-electron chi connectivity index (χ0n) is 7.03. The van der Waals surface area contributed by atoms with Gasteiger partial charge < -0.3 is 11.5 Å². The van der Waals surface area contributed by atoms with E-state index in [4.69, 9.17) is 11.5 Å². The summed E-state index contributed by atoms with van der Waals surface area (Å²) in [7, 11) is 0. The maximum atomic E-state index is 10.6. The summed E-state index contributed by atoms with van der Waals surface area (Å²) in [6, 6.07) is 7.41. The van der Waals surface area contributed by atoms with Gasteiger partial charge in [0.05, 0.1) is 0 Å². The fourth-order valence-corrected chi connectivity index (χ4v) is 1.89. The Morgan fingerprint density at radius 2 is 2.08 bits per heavy atom. The fraction of sp³-hybridized carbons (Fsp3) is 0.222. The van der Waals surface area contributed by atoms with Crippen molar-refractivity contribution < 1.29 is 4.79 Å². The topological polar surface area (TPSA) is 69.1 Å². The first kappa shape index (κ1) is 10.5. The van der Waals surface area contributed by atoms with Gasteiger partial charge in [-0.05, 0) is 34.2 Å². The average Bonchev–Trinajstić information content (AvgIpc) is 2.03. The molecule has 1 amide bonds. The summed E-state index contributed by atoms with van der Waals surface area (Å²) in [5.41, 5.74) is 11.8. The number of nitrogens with two attached hydrogens (primary N) is 2. The molecular formula is C9H11IN2O. The zero-order valence-corrected chi connectivity index (χ0v) is 9.19. The number of halogens is 1. The second-order valence-corrected chi connectivity index (χ2v) is 3.96. The minimum Gasteiger partial charge on any atom is -0.370 e. The average molecular weight is 290 g/mol. The molecule has 0 aliphatic rings. The monoisotopic (exact) mass is 290 g/mol. The molecule has 4 N–H and O–H groups in total. The van der Waals surface area contributed by atoms with Crippen LogP contribution in [0.3, 0.4) is 0 Å². The van der Waals surface area contributed by atoms with Crippen LogP contribution in [-0.4, -0.2) is 5.91 Å². The lowest BCUT2D eigenvalue weighted by atomic mass is 10.1. The lowest BCUT2D eigenvalue weighted by molar-refractivity contribution is -0.118. The molecular weight excluding hydrogens is 279 g/mol. The van der Waals surface area contributed by atoms with E-state index >= 15 is 0 Å². The Hall–Kier alpha value is -0.620. The van der Waals surface area contributed by atoms with E-state index in [0.717, 1.165) is 9.13 Å². The van der Waals surface area contributed by atoms with Crippen LogP contribution in [0, 0.1) is 3.57 Å². The molecule has 0 heterocycles. The highest BCUT2D eigenvalue weighted by Gasteiger charge is 2.11. The first-order valence-corrected chi connectivity index (χ1v) is 4.97. The van der Waals surface area contributed by atoms with Crippen LogP contribution < -0.4 is 11.5 Å². The van der Waals surface area contributed by atoms with Crippen molar-refractivity contribution in [3.05, 3.63) is 33.4 Å². The molecule has 4 heteroatoms. The van der Waals surface area contributed by atoms with Gasteiger partial charge >= 0.3 is 0 Å². The quantitative estimate of drug-likeness (QED) is 0.820. The predicted molar refractivity (Wildman–Crippen MR) is 59.9 cm³/mol. The third-order valence-corrected chi connectivity index (χ3v) is 2.71. The molecule has 0 radical (unpaired) electrons. The summed E-state index contributed by atoms with van der Waals surface area (Å²) in [5.74, 6) is -0.368. The number of rotatable bonds is 3. The van der Waals surface area contributed by atoms with E-state index in [1.165, 1.54) is 0 Å². The molecule has 1 aromatic rings. The van der Waals surface area contributed by atoms with E-state index in [1.807, 2.05) is 24.3 Å². The van der Waals surface area contributed by atoms with E-state index in [1.54, 1.807) is 0 Å². The standard InChI is InChI=1S/C9H11IN2O/c10-7-4-2-1-3-6(7)8(11)5-9(12)13/h1-4,8H,5,11H2,(H2,12,13). The van der Waals surface area contributed by atoms with Crippen LogP contribution in [0.15, 0.2) is 24.3 Å². The molecule has 1 rings (SSSR count). The highest BCUT2D eigenvalue weighted by molar-refractivity contribution is 14.1. The molecule has 0 aliphatic carbocycles. The minimum absolute atomic E-state index is 0.194. The van der Waals surface area contributed by atoms with E-state index in [-0.39, 0.29) is 18.4 Å². The summed E-state index contributed by atoms with van der Waals surface area (Å²) in [6.45, 7) is 0. The van der Waals surface area contributed by atoms with Crippen LogP contribution >= 0.6 is 22.6 Å². The van der Waals surface area contributed by atoms with Crippen molar-refractivity contribution >= 4 is 28.5 Å². The van der Waals surface area contributed by atoms with Crippen molar-refractivity contribution in [2.45, 2.75) is 12.5 Å². The Labute approximate surface area is 90.6 Å². The van der Waals surface area contributed by atoms with Gasteiger partial charge in [0.15, 0.2) is 0 Å². The van der Waals surface area contributed by atoms with E-state index in [9.17, 15) is 4.79 Å². The van der Waals surface area contributed by atoms with Gasteiger partial charge in [0.1, 0.15) is 0 Å². The first-order chi connectivity index (χ1) is 6.11. The number of hydrogen-bond donors (Lipinski definition) is 2. The Kier molecular flexibility index (Phi) is 3.68. The maximum absolute atomic E-state index is 10.6. The van der Waals surface area contributed by atoms with Gasteiger partial charge in [-0.25, -0.2) is 0 Å². The second-order valence-electron chi connectivity index (χ2n) is 2.80. The number of primary amides is 1. The highest BCUT2D eigenvalue weighted by Crippen LogP contribution is 2.19. The van der Waals surface area contributed by atoms with Gasteiger partial charge in [-0.2, -0.15) is 0 Å². The molecule has 13 heavy (non-hydrogen) atoms. The Balaban J connectivity index is 2.82. The highest BCUT2D eigenvalue weighted by atomic mass is 127. The summed E-state index contributed by atoms with van der Waals surface area (Å²) < 4.78 is 1.06. The predicted octanol–water partition coefficient (Wildman–Crippen LogP) is 1.17. The maximum Gasteiger partial charge on any atom is 0.219 e. The molecule has 1 atom stereocenters. The van der Waals surface area contributed by atoms with Crippen LogP contribution in [0.2, 0.25) is 0 Å². The molecule has 0 saturated carbocycles. The van der Waals surface area contributed by atoms with Gasteiger partial charge in [0.25, 0.3) is 0 Å². The Morgan fingerprint density at radius 3 is 2.62 bits per heavy atom. The first-order valence-electron chi connectivity index (χ1n) is 3.89. The van der Waals surface area contributed by atoms with Crippen molar-refractivity contribution in [1.82, 2.24) is 0 Å². The van der Waals surface area contributed by atoms with E-state index in [0.29, 0.717) is 0 Å². The van der Waals surface area contributed by atoms with Crippen molar-refractivity contribution in [2.24, 2.45) is 11.5 Å². The van der Waals surface area contributed by atoms with E-state index < -0.39 is 0 Å². The molecule has 0 spiro atoms. The minimum atomic E-state index is -0.368. The second kappa shape index (κ2) is 4.57. The molecule has 0 fully saturated rings. The third-order valence-electron chi connectivity index (χ3n) is 1.73. The van der Waals surface area contributed by atoms with E-state index in [2.05, 4.69) is 22.6 Å². The van der Waals surface area contributed by atoms with Crippen molar-refractivity contribution in [3.8, 4) is 0 Å². The number of carbonyl (C=O) groups is 1. The Bertz CT molecular complexity index is 314. The lowest BCUT2D eigenvalue weighted by Crippen LogP contribution is -2.21. The van der Waals surface area contributed by atoms with Crippen LogP contribution in [0.1, 0.15) is 18.0 Å². The molecule has 70 valence electrons. The normalized spacial score (nSPS) is 12.5. The van der Waals surface area contributed by atoms with Gasteiger partial charge in [0.2, 0.25) is 5.91 Å². The van der Waals surface area contributed by atoms with Gasteiger partial charge in [-0.3, -0.25) is 4.79 Å². The summed E-state index contributed by atoms with van der Waals surface area (Å²) in [4.78, 5) is 10.6. The number of hydrogen-bond acceptors (Lipinski definition) is 2. The largest absolute Gasteiger partial charge is 0.370 e. The zero-order chi connectivity index (χ0) is 9.84. The number of benzene rings is 1. The number of carbonyl (C=O) groups excluding carboxylic acids is 1. The van der Waals surface area contributed by atoms with Gasteiger partial charge in [-0.15, -0.1) is 0 Å². The lowest BCUT2D eigenvalue weighted by Gasteiger charge is -2.11. The molecule has 0 saturated heterocycles. The van der Waals surface area contributed by atoms with Crippen LogP contribution in [-0.2, 0) is 4.79 Å². The van der Waals surface area contributed by atoms with Crippen LogP contribution in [0.4, 0.5) is 0 Å². The summed E-state index contributed by atoms with van der Waals surface area (Å²) in [6.07, 6.45) is 0.194.